The third-order valence-corrected chi connectivity index (χ3v) is 5.66. The number of rotatable bonds is 6. The minimum Gasteiger partial charge on any atom is -0.338 e. The molecule has 7 heteroatoms. The Morgan fingerprint density at radius 3 is 2.65 bits per heavy atom. The van der Waals surface area contributed by atoms with Crippen molar-refractivity contribution >= 4 is 28.8 Å². The SMILES string of the molecule is CNCCC1CCN(C(=O)c2sccc2NC(=O)c2ccncc2)CC1. The zero-order chi connectivity index (χ0) is 18.4. The van der Waals surface area contributed by atoms with Gasteiger partial charge in [-0.1, -0.05) is 0 Å². The van der Waals surface area contributed by atoms with Crippen molar-refractivity contribution in [1.29, 1.82) is 0 Å². The maximum atomic E-state index is 12.9. The number of likely N-dealkylation sites (tertiary alicyclic amines) is 1. The summed E-state index contributed by atoms with van der Waals surface area (Å²) in [5, 5.41) is 7.88. The number of nitrogens with one attached hydrogen (secondary N) is 2. The van der Waals surface area contributed by atoms with Crippen LogP contribution in [0.4, 0.5) is 5.69 Å². The Morgan fingerprint density at radius 2 is 1.96 bits per heavy atom. The lowest BCUT2D eigenvalue weighted by atomic mass is 9.93. The molecule has 0 unspecified atom stereocenters. The second kappa shape index (κ2) is 8.91. The van der Waals surface area contributed by atoms with Crippen molar-refractivity contribution in [2.75, 3.05) is 32.0 Å². The van der Waals surface area contributed by atoms with Crippen molar-refractivity contribution in [1.82, 2.24) is 15.2 Å². The first kappa shape index (κ1) is 18.5. The zero-order valence-corrected chi connectivity index (χ0v) is 15.7. The molecule has 1 aliphatic rings. The van der Waals surface area contributed by atoms with Crippen LogP contribution in [0.2, 0.25) is 0 Å². The van der Waals surface area contributed by atoms with Crippen LogP contribution in [0.3, 0.4) is 0 Å². The fourth-order valence-corrected chi connectivity index (χ4v) is 4.00. The average Bonchev–Trinajstić information content (AvgIpc) is 3.15. The van der Waals surface area contributed by atoms with Gasteiger partial charge in [0.1, 0.15) is 4.88 Å². The minimum atomic E-state index is -0.231. The minimum absolute atomic E-state index is 0.0112. The topological polar surface area (TPSA) is 74.3 Å². The van der Waals surface area contributed by atoms with Crippen molar-refractivity contribution in [2.45, 2.75) is 19.3 Å². The number of piperidine rings is 1. The predicted octanol–water partition coefficient (Wildman–Crippen LogP) is 2.86. The summed E-state index contributed by atoms with van der Waals surface area (Å²) in [6.07, 6.45) is 6.39. The van der Waals surface area contributed by atoms with Gasteiger partial charge < -0.3 is 15.5 Å². The zero-order valence-electron chi connectivity index (χ0n) is 14.9. The molecule has 3 rings (SSSR count). The van der Waals surface area contributed by atoms with E-state index in [2.05, 4.69) is 15.6 Å². The molecule has 0 saturated carbocycles. The van der Waals surface area contributed by atoms with Crippen LogP contribution < -0.4 is 10.6 Å². The lowest BCUT2D eigenvalue weighted by molar-refractivity contribution is 0.0693. The van der Waals surface area contributed by atoms with E-state index in [9.17, 15) is 9.59 Å². The summed E-state index contributed by atoms with van der Waals surface area (Å²) in [6, 6.07) is 5.09. The number of thiophene rings is 1. The highest BCUT2D eigenvalue weighted by molar-refractivity contribution is 7.12. The fraction of sp³-hybridized carbons (Fsp3) is 0.421. The molecule has 1 saturated heterocycles. The first-order valence-corrected chi connectivity index (χ1v) is 9.79. The molecule has 0 radical (unpaired) electrons. The van der Waals surface area contributed by atoms with E-state index in [0.717, 1.165) is 38.9 Å². The highest BCUT2D eigenvalue weighted by atomic mass is 32.1. The molecule has 1 aliphatic heterocycles. The van der Waals surface area contributed by atoms with Crippen molar-refractivity contribution in [3.63, 3.8) is 0 Å². The number of aromatic nitrogens is 1. The molecule has 138 valence electrons. The molecule has 2 N–H and O–H groups in total. The summed E-state index contributed by atoms with van der Waals surface area (Å²) in [6.45, 7) is 2.58. The van der Waals surface area contributed by atoms with Gasteiger partial charge in [-0.25, -0.2) is 0 Å². The number of nitrogens with zero attached hydrogens (tertiary/aromatic N) is 2. The number of pyridine rings is 1. The molecule has 0 aliphatic carbocycles. The quantitative estimate of drug-likeness (QED) is 0.818. The van der Waals surface area contributed by atoms with Crippen LogP contribution in [0, 0.1) is 5.92 Å². The number of amides is 2. The van der Waals surface area contributed by atoms with Gasteiger partial charge in [0.25, 0.3) is 11.8 Å². The second-order valence-electron chi connectivity index (χ2n) is 6.48. The van der Waals surface area contributed by atoms with E-state index in [1.807, 2.05) is 17.3 Å². The standard InChI is InChI=1S/C19H24N4O2S/c1-20-8-2-14-5-11-23(12-6-14)19(25)17-16(7-13-26-17)22-18(24)15-3-9-21-10-4-15/h3-4,7,9-10,13-14,20H,2,5-6,8,11-12H2,1H3,(H,22,24). The maximum Gasteiger partial charge on any atom is 0.266 e. The Hall–Kier alpha value is -2.25. The largest absolute Gasteiger partial charge is 0.338 e. The van der Waals surface area contributed by atoms with Gasteiger partial charge in [-0.05, 0) is 62.4 Å². The number of anilines is 1. The van der Waals surface area contributed by atoms with E-state index in [0.29, 0.717) is 22.0 Å². The monoisotopic (exact) mass is 372 g/mol. The summed E-state index contributed by atoms with van der Waals surface area (Å²) in [7, 11) is 1.97. The molecule has 2 amide bonds. The van der Waals surface area contributed by atoms with Crippen LogP contribution in [-0.4, -0.2) is 48.4 Å². The fourth-order valence-electron chi connectivity index (χ4n) is 3.19. The summed E-state index contributed by atoms with van der Waals surface area (Å²) in [5.74, 6) is 0.461. The van der Waals surface area contributed by atoms with E-state index in [4.69, 9.17) is 0 Å². The Bertz CT molecular complexity index is 739. The lowest BCUT2D eigenvalue weighted by Gasteiger charge is -2.32. The number of carbonyl (C=O) groups excluding carboxylic acids is 2. The van der Waals surface area contributed by atoms with E-state index >= 15 is 0 Å². The Labute approximate surface area is 157 Å². The van der Waals surface area contributed by atoms with Gasteiger partial charge in [-0.3, -0.25) is 14.6 Å². The van der Waals surface area contributed by atoms with Crippen molar-refractivity contribution < 1.29 is 9.59 Å². The molecule has 0 aromatic carbocycles. The third kappa shape index (κ3) is 4.47. The smallest absolute Gasteiger partial charge is 0.266 e. The molecule has 0 atom stereocenters. The van der Waals surface area contributed by atoms with E-state index in [-0.39, 0.29) is 11.8 Å². The van der Waals surface area contributed by atoms with E-state index in [1.165, 1.54) is 11.3 Å². The van der Waals surface area contributed by atoms with E-state index < -0.39 is 0 Å². The van der Waals surface area contributed by atoms with Gasteiger partial charge in [0.2, 0.25) is 0 Å². The maximum absolute atomic E-state index is 12.9. The molecule has 26 heavy (non-hydrogen) atoms. The Kier molecular flexibility index (Phi) is 6.35. The summed E-state index contributed by atoms with van der Waals surface area (Å²) in [5.41, 5.74) is 1.11. The molecular formula is C19H24N4O2S. The van der Waals surface area contributed by atoms with Crippen molar-refractivity contribution in [2.24, 2.45) is 5.92 Å². The van der Waals surface area contributed by atoms with Gasteiger partial charge in [0.05, 0.1) is 5.69 Å². The third-order valence-electron chi connectivity index (χ3n) is 4.75. The number of hydrogen-bond acceptors (Lipinski definition) is 5. The van der Waals surface area contributed by atoms with Gasteiger partial charge >= 0.3 is 0 Å². The Balaban J connectivity index is 1.61. The Morgan fingerprint density at radius 1 is 1.23 bits per heavy atom. The summed E-state index contributed by atoms with van der Waals surface area (Å²) < 4.78 is 0. The van der Waals surface area contributed by atoms with Crippen LogP contribution in [0.5, 0.6) is 0 Å². The highest BCUT2D eigenvalue weighted by Gasteiger charge is 2.26. The molecular weight excluding hydrogens is 348 g/mol. The first-order valence-electron chi connectivity index (χ1n) is 8.91. The van der Waals surface area contributed by atoms with Crippen molar-refractivity contribution in [3.05, 3.63) is 46.4 Å². The number of hydrogen-bond donors (Lipinski definition) is 2. The summed E-state index contributed by atoms with van der Waals surface area (Å²) in [4.78, 5) is 31.6. The molecule has 0 spiro atoms. The first-order chi connectivity index (χ1) is 12.7. The van der Waals surface area contributed by atoms with Crippen LogP contribution in [0.1, 0.15) is 39.3 Å². The van der Waals surface area contributed by atoms with Gasteiger partial charge in [-0.2, -0.15) is 0 Å². The molecule has 2 aromatic heterocycles. The predicted molar refractivity (Wildman–Crippen MR) is 104 cm³/mol. The van der Waals surface area contributed by atoms with Gasteiger partial charge in [0.15, 0.2) is 0 Å². The van der Waals surface area contributed by atoms with Crippen LogP contribution in [-0.2, 0) is 0 Å². The van der Waals surface area contributed by atoms with Crippen LogP contribution in [0.15, 0.2) is 36.0 Å². The summed E-state index contributed by atoms with van der Waals surface area (Å²) >= 11 is 1.37. The van der Waals surface area contributed by atoms with Gasteiger partial charge in [-0.15, -0.1) is 11.3 Å². The molecule has 2 aromatic rings. The highest BCUT2D eigenvalue weighted by Crippen LogP contribution is 2.27. The lowest BCUT2D eigenvalue weighted by Crippen LogP contribution is -2.39. The molecule has 3 heterocycles. The van der Waals surface area contributed by atoms with Crippen LogP contribution in [0.25, 0.3) is 0 Å². The number of carbonyl (C=O) groups is 2. The van der Waals surface area contributed by atoms with Crippen molar-refractivity contribution in [3.8, 4) is 0 Å². The van der Waals surface area contributed by atoms with Crippen LogP contribution >= 0.6 is 11.3 Å². The average molecular weight is 372 g/mol. The van der Waals surface area contributed by atoms with Gasteiger partial charge in [0, 0.05) is 31.0 Å². The molecule has 1 fully saturated rings. The molecule has 6 nitrogen and oxygen atoms in total. The second-order valence-corrected chi connectivity index (χ2v) is 7.40. The normalized spacial score (nSPS) is 15.0. The van der Waals surface area contributed by atoms with E-state index in [1.54, 1.807) is 30.6 Å². The molecule has 0 bridgehead atoms.